The highest BCUT2D eigenvalue weighted by atomic mass is 16.5. The third-order valence-corrected chi connectivity index (χ3v) is 10.2. The van der Waals surface area contributed by atoms with E-state index < -0.39 is 23.9 Å². The Hall–Kier alpha value is -7.12. The number of anilines is 2. The molecular weight excluding hydrogens is 779 g/mol. The van der Waals surface area contributed by atoms with Gasteiger partial charge in [-0.1, -0.05) is 24.3 Å². The highest BCUT2D eigenvalue weighted by molar-refractivity contribution is 6.07. The maximum absolute atomic E-state index is 13.3. The van der Waals surface area contributed by atoms with Crippen molar-refractivity contribution in [1.82, 2.24) is 34.1 Å². The number of likely N-dealkylation sites (N-methyl/N-ethyl adjacent to an activating group) is 1. The number of hydrogen-bond acceptors (Lipinski definition) is 12. The lowest BCUT2D eigenvalue weighted by atomic mass is 9.90. The van der Waals surface area contributed by atoms with E-state index in [9.17, 15) is 24.0 Å². The summed E-state index contributed by atoms with van der Waals surface area (Å²) in [5.41, 5.74) is 10.9. The van der Waals surface area contributed by atoms with Crippen LogP contribution in [0.3, 0.4) is 0 Å². The number of carboxylic acids is 4. The predicted molar refractivity (Wildman–Crippen MR) is 222 cm³/mol. The number of aliphatic carboxylic acids is 4. The molecule has 1 aliphatic carbocycles. The topological polar surface area (TPSA) is 269 Å². The molecule has 7 rings (SSSR count). The summed E-state index contributed by atoms with van der Waals surface area (Å²) in [4.78, 5) is 65.6. The lowest BCUT2D eigenvalue weighted by Gasteiger charge is -2.41. The Morgan fingerprint density at radius 1 is 0.783 bits per heavy atom. The number of carbonyl (C=O) groups excluding carboxylic acids is 1. The van der Waals surface area contributed by atoms with Crippen molar-refractivity contribution < 1.29 is 49.1 Å². The monoisotopic (exact) mass is 825 g/mol. The number of aromatic nitrogens is 5. The highest BCUT2D eigenvalue weighted by Crippen LogP contribution is 2.39. The summed E-state index contributed by atoms with van der Waals surface area (Å²) in [6.07, 6.45) is 8.12. The number of amides is 1. The van der Waals surface area contributed by atoms with E-state index in [0.717, 1.165) is 79.4 Å². The van der Waals surface area contributed by atoms with Crippen LogP contribution in [-0.2, 0) is 26.2 Å². The van der Waals surface area contributed by atoms with Crippen LogP contribution in [0.1, 0.15) is 42.2 Å². The number of carboxylic acid groups (broad SMARTS) is 4. The molecule has 2 aliphatic rings. The van der Waals surface area contributed by atoms with E-state index in [4.69, 9.17) is 36.0 Å². The standard InChI is InChI=1S/C33H39N9O2.2C4H4O4/c1-39-14-16-41(17-15-39)23-9-11-24(12-10-23)42-32-29(31(34)35-20-36-32)30(38-42)22-8-13-25(28(19-22)44-3)37-33(43)27-18-21-6-4-5-7-26(21)40(27)2;2*5-3(6)1-2-4(7)8/h4-8,13,18-20,23-24H,9-12,14-17H2,1-3H3,(H,37,43)(H2,34,35,36);2*1-2H,(H,5,6)(H,7,8)/b;2*2-1-. The molecule has 7 N–H and O–H groups in total. The Labute approximate surface area is 344 Å². The summed E-state index contributed by atoms with van der Waals surface area (Å²) in [6, 6.07) is 16.4. The third-order valence-electron chi connectivity index (χ3n) is 10.2. The Morgan fingerprint density at radius 2 is 1.37 bits per heavy atom. The number of piperazine rings is 1. The molecule has 0 unspecified atom stereocenters. The normalized spacial score (nSPS) is 17.1. The quantitative estimate of drug-likeness (QED) is 0.109. The number of methoxy groups -OCH3 is 1. The van der Waals surface area contributed by atoms with Crippen molar-refractivity contribution in [3.63, 3.8) is 0 Å². The molecule has 5 aromatic rings. The third kappa shape index (κ3) is 11.1. The van der Waals surface area contributed by atoms with Crippen molar-refractivity contribution in [1.29, 1.82) is 0 Å². The van der Waals surface area contributed by atoms with E-state index in [0.29, 0.717) is 59.0 Å². The smallest absolute Gasteiger partial charge is 0.328 e. The summed E-state index contributed by atoms with van der Waals surface area (Å²) < 4.78 is 9.70. The van der Waals surface area contributed by atoms with E-state index in [-0.39, 0.29) is 11.9 Å². The molecule has 19 heteroatoms. The zero-order valence-corrected chi connectivity index (χ0v) is 33.3. The Bertz CT molecular complexity index is 2360. The number of carbonyl (C=O) groups is 5. The van der Waals surface area contributed by atoms with Crippen LogP contribution in [0.2, 0.25) is 0 Å². The molecule has 2 aromatic carbocycles. The van der Waals surface area contributed by atoms with Crippen LogP contribution in [0.4, 0.5) is 11.5 Å². The van der Waals surface area contributed by atoms with Gasteiger partial charge in [0.15, 0.2) is 5.65 Å². The number of nitrogens with zero attached hydrogens (tertiary/aromatic N) is 7. The maximum Gasteiger partial charge on any atom is 0.328 e. The molecule has 0 atom stereocenters. The summed E-state index contributed by atoms with van der Waals surface area (Å²) >= 11 is 0. The lowest BCUT2D eigenvalue weighted by molar-refractivity contribution is -0.134. The maximum atomic E-state index is 13.3. The Morgan fingerprint density at radius 3 is 1.93 bits per heavy atom. The van der Waals surface area contributed by atoms with E-state index >= 15 is 0 Å². The average Bonchev–Trinajstić information content (AvgIpc) is 3.79. The van der Waals surface area contributed by atoms with Crippen molar-refractivity contribution in [2.45, 2.75) is 37.8 Å². The van der Waals surface area contributed by atoms with Crippen LogP contribution in [-0.4, -0.2) is 131 Å². The van der Waals surface area contributed by atoms with Crippen LogP contribution in [0.15, 0.2) is 79.2 Å². The van der Waals surface area contributed by atoms with Gasteiger partial charge in [0.25, 0.3) is 5.91 Å². The first-order chi connectivity index (χ1) is 28.7. The van der Waals surface area contributed by atoms with E-state index in [1.807, 2.05) is 60.1 Å². The fraction of sp³-hybridized carbons (Fsp3) is 0.317. The van der Waals surface area contributed by atoms with E-state index in [1.165, 1.54) is 6.33 Å². The van der Waals surface area contributed by atoms with Crippen molar-refractivity contribution in [3.8, 4) is 17.0 Å². The number of fused-ring (bicyclic) bond motifs is 2. The molecule has 1 saturated heterocycles. The molecular formula is C41H47N9O10. The van der Waals surface area contributed by atoms with Crippen LogP contribution >= 0.6 is 0 Å². The summed E-state index contributed by atoms with van der Waals surface area (Å²) in [5, 5.41) is 41.1. The summed E-state index contributed by atoms with van der Waals surface area (Å²) in [5.74, 6) is -4.32. The average molecular weight is 826 g/mol. The molecule has 0 spiro atoms. The molecule has 316 valence electrons. The molecule has 1 amide bonds. The molecule has 0 radical (unpaired) electrons. The van der Waals surface area contributed by atoms with Gasteiger partial charge >= 0.3 is 23.9 Å². The SMILES string of the molecule is COc1cc(-c2nn(C3CCC(N4CCN(C)CC4)CC3)c3ncnc(N)c23)ccc1NC(=O)c1cc2ccccc2n1C.O=C(O)/C=C\C(=O)O.O=C(O)/C=C\C(=O)O. The number of nitrogens with two attached hydrogens (primary N) is 1. The van der Waals surface area contributed by atoms with Gasteiger partial charge in [-0.2, -0.15) is 5.10 Å². The predicted octanol–water partition coefficient (Wildman–Crippen LogP) is 3.98. The zero-order chi connectivity index (χ0) is 43.5. The number of nitrogens with one attached hydrogen (secondary N) is 1. The second-order valence-electron chi connectivity index (χ2n) is 14.1. The van der Waals surface area contributed by atoms with Crippen molar-refractivity contribution in [3.05, 3.63) is 84.9 Å². The number of hydrogen-bond donors (Lipinski definition) is 6. The number of rotatable bonds is 10. The van der Waals surface area contributed by atoms with E-state index in [1.54, 1.807) is 7.11 Å². The fourth-order valence-corrected chi connectivity index (χ4v) is 7.23. The largest absolute Gasteiger partial charge is 0.495 e. The van der Waals surface area contributed by atoms with Gasteiger partial charge in [0.1, 0.15) is 29.3 Å². The van der Waals surface area contributed by atoms with Crippen molar-refractivity contribution >= 4 is 63.2 Å². The first kappa shape index (κ1) is 44.0. The second kappa shape index (κ2) is 20.0. The first-order valence-electron chi connectivity index (χ1n) is 18.9. The number of benzene rings is 2. The molecule has 1 saturated carbocycles. The van der Waals surface area contributed by atoms with Gasteiger partial charge in [0.05, 0.1) is 24.2 Å². The van der Waals surface area contributed by atoms with Crippen LogP contribution in [0, 0.1) is 0 Å². The molecule has 4 heterocycles. The molecule has 0 bridgehead atoms. The number of ether oxygens (including phenoxy) is 1. The highest BCUT2D eigenvalue weighted by Gasteiger charge is 2.31. The Balaban J connectivity index is 0.000000362. The first-order valence-corrected chi connectivity index (χ1v) is 18.9. The summed E-state index contributed by atoms with van der Waals surface area (Å²) in [7, 11) is 5.69. The molecule has 1 aliphatic heterocycles. The van der Waals surface area contributed by atoms with Gasteiger partial charge in [-0.15, -0.1) is 0 Å². The number of aryl methyl sites for hydroxylation is 1. The number of para-hydroxylation sites is 1. The lowest BCUT2D eigenvalue weighted by Crippen LogP contribution is -2.49. The van der Waals surface area contributed by atoms with Gasteiger partial charge in [-0.25, -0.2) is 33.8 Å². The molecule has 19 nitrogen and oxygen atoms in total. The zero-order valence-electron chi connectivity index (χ0n) is 33.3. The van der Waals surface area contributed by atoms with Crippen molar-refractivity contribution in [2.75, 3.05) is 51.4 Å². The summed E-state index contributed by atoms with van der Waals surface area (Å²) in [6.45, 7) is 4.56. The van der Waals surface area contributed by atoms with Gasteiger partial charge < -0.3 is 45.7 Å². The molecule has 3 aromatic heterocycles. The van der Waals surface area contributed by atoms with Crippen LogP contribution in [0.25, 0.3) is 33.2 Å². The van der Waals surface area contributed by atoms with Gasteiger partial charge in [0, 0.05) is 80.0 Å². The van der Waals surface area contributed by atoms with Crippen molar-refractivity contribution in [2.24, 2.45) is 7.05 Å². The molecule has 2 fully saturated rings. The number of nitrogen functional groups attached to an aromatic ring is 1. The fourth-order valence-electron chi connectivity index (χ4n) is 7.23. The Kier molecular flexibility index (Phi) is 14.7. The molecule has 60 heavy (non-hydrogen) atoms. The minimum atomic E-state index is -1.26. The van der Waals surface area contributed by atoms with Crippen LogP contribution < -0.4 is 15.8 Å². The van der Waals surface area contributed by atoms with Gasteiger partial charge in [0.2, 0.25) is 0 Å². The second-order valence-corrected chi connectivity index (χ2v) is 14.1. The minimum absolute atomic E-state index is 0.214. The van der Waals surface area contributed by atoms with Crippen LogP contribution in [0.5, 0.6) is 5.75 Å². The van der Waals surface area contributed by atoms with Gasteiger partial charge in [-0.3, -0.25) is 9.69 Å². The minimum Gasteiger partial charge on any atom is -0.495 e. The van der Waals surface area contributed by atoms with Gasteiger partial charge in [-0.05, 0) is 57.0 Å². The van der Waals surface area contributed by atoms with E-state index in [2.05, 4.69) is 36.8 Å².